The van der Waals surface area contributed by atoms with Crippen molar-refractivity contribution >= 4 is 33.7 Å². The first-order valence-electron chi connectivity index (χ1n) is 9.39. The van der Waals surface area contributed by atoms with Crippen LogP contribution < -0.4 is 15.7 Å². The van der Waals surface area contributed by atoms with Crippen molar-refractivity contribution in [1.29, 1.82) is 0 Å². The SMILES string of the molecule is COc1cccc(C=NNC(=O)Cn2nnc3sc4c(c3c2=O)CC[C@@H](C)C4)c1. The minimum atomic E-state index is -0.447. The number of carbonyl (C=O) groups is 1. The molecule has 1 aliphatic carbocycles. The summed E-state index contributed by atoms with van der Waals surface area (Å²) in [5.74, 6) is 0.862. The highest BCUT2D eigenvalue weighted by molar-refractivity contribution is 7.18. The summed E-state index contributed by atoms with van der Waals surface area (Å²) in [5, 5.41) is 12.6. The number of aromatic nitrogens is 3. The number of ether oxygens (including phenoxy) is 1. The van der Waals surface area contributed by atoms with Crippen molar-refractivity contribution in [2.75, 3.05) is 7.11 Å². The minimum absolute atomic E-state index is 0.238. The zero-order chi connectivity index (χ0) is 20.4. The van der Waals surface area contributed by atoms with Gasteiger partial charge < -0.3 is 4.74 Å². The monoisotopic (exact) mass is 411 g/mol. The Morgan fingerprint density at radius 3 is 3.17 bits per heavy atom. The van der Waals surface area contributed by atoms with E-state index in [2.05, 4.69) is 27.8 Å². The first-order valence-corrected chi connectivity index (χ1v) is 10.2. The molecule has 29 heavy (non-hydrogen) atoms. The normalized spacial score (nSPS) is 16.1. The van der Waals surface area contributed by atoms with Crippen molar-refractivity contribution in [2.45, 2.75) is 32.7 Å². The van der Waals surface area contributed by atoms with Gasteiger partial charge in [0.25, 0.3) is 11.5 Å². The molecule has 0 spiro atoms. The molecular formula is C20H21N5O3S. The van der Waals surface area contributed by atoms with Crippen LogP contribution in [0.15, 0.2) is 34.2 Å². The molecule has 1 N–H and O–H groups in total. The molecule has 8 nitrogen and oxygen atoms in total. The molecule has 1 aromatic carbocycles. The third kappa shape index (κ3) is 4.04. The molecule has 0 fully saturated rings. The van der Waals surface area contributed by atoms with E-state index in [9.17, 15) is 9.59 Å². The number of amides is 1. The lowest BCUT2D eigenvalue weighted by atomic mass is 9.89. The Hall–Kier alpha value is -3.07. The van der Waals surface area contributed by atoms with Gasteiger partial charge in [-0.05, 0) is 48.4 Å². The summed E-state index contributed by atoms with van der Waals surface area (Å²) in [7, 11) is 1.58. The third-order valence-electron chi connectivity index (χ3n) is 4.97. The quantitative estimate of drug-likeness (QED) is 0.512. The smallest absolute Gasteiger partial charge is 0.279 e. The zero-order valence-electron chi connectivity index (χ0n) is 16.2. The van der Waals surface area contributed by atoms with E-state index >= 15 is 0 Å². The van der Waals surface area contributed by atoms with Gasteiger partial charge in [0.1, 0.15) is 12.3 Å². The number of hydrogen-bond acceptors (Lipinski definition) is 7. The Labute approximate surface area is 171 Å². The molecule has 1 amide bonds. The lowest BCUT2D eigenvalue weighted by molar-refractivity contribution is -0.121. The van der Waals surface area contributed by atoms with Crippen LogP contribution in [0.1, 0.15) is 29.3 Å². The number of benzene rings is 1. The number of carbonyl (C=O) groups excluding carboxylic acids is 1. The molecule has 1 aliphatic rings. The summed E-state index contributed by atoms with van der Waals surface area (Å²) < 4.78 is 6.25. The van der Waals surface area contributed by atoms with Gasteiger partial charge in [0, 0.05) is 4.88 Å². The fourth-order valence-corrected chi connectivity index (χ4v) is 4.79. The molecular weight excluding hydrogens is 390 g/mol. The standard InChI is InChI=1S/C20H21N5O3S/c1-12-6-7-15-16(8-12)29-19-18(15)20(27)25(24-23-19)11-17(26)22-21-10-13-4-3-5-14(9-13)28-2/h3-5,9-10,12H,6-8,11H2,1-2H3,(H,22,26)/t12-/m1/s1. The molecule has 0 unspecified atom stereocenters. The molecule has 9 heteroatoms. The number of hydrogen-bond donors (Lipinski definition) is 1. The topological polar surface area (TPSA) is 98.5 Å². The van der Waals surface area contributed by atoms with Crippen LogP contribution in [-0.4, -0.2) is 34.2 Å². The van der Waals surface area contributed by atoms with Gasteiger partial charge in [-0.1, -0.05) is 24.3 Å². The van der Waals surface area contributed by atoms with Crippen molar-refractivity contribution in [1.82, 2.24) is 20.4 Å². The first-order chi connectivity index (χ1) is 14.0. The number of aryl methyl sites for hydroxylation is 1. The summed E-state index contributed by atoms with van der Waals surface area (Å²) in [6.45, 7) is 1.98. The Balaban J connectivity index is 1.49. The maximum atomic E-state index is 12.9. The molecule has 4 rings (SSSR count). The minimum Gasteiger partial charge on any atom is -0.497 e. The maximum Gasteiger partial charge on any atom is 0.279 e. The molecule has 0 radical (unpaired) electrons. The van der Waals surface area contributed by atoms with Crippen LogP contribution in [-0.2, 0) is 24.2 Å². The zero-order valence-corrected chi connectivity index (χ0v) is 17.0. The molecule has 0 saturated carbocycles. The van der Waals surface area contributed by atoms with Crippen LogP contribution in [0.2, 0.25) is 0 Å². The fourth-order valence-electron chi connectivity index (χ4n) is 3.47. The Kier molecular flexibility index (Phi) is 5.39. The number of rotatable bonds is 5. The second kappa shape index (κ2) is 8.12. The first kappa shape index (κ1) is 19.3. The van der Waals surface area contributed by atoms with E-state index in [0.29, 0.717) is 21.9 Å². The second-order valence-corrected chi connectivity index (χ2v) is 8.24. The van der Waals surface area contributed by atoms with Gasteiger partial charge in [-0.15, -0.1) is 16.4 Å². The summed E-state index contributed by atoms with van der Waals surface area (Å²) in [4.78, 5) is 27.0. The van der Waals surface area contributed by atoms with E-state index in [-0.39, 0.29) is 12.1 Å². The van der Waals surface area contributed by atoms with Crippen molar-refractivity contribution in [2.24, 2.45) is 11.0 Å². The van der Waals surface area contributed by atoms with Crippen molar-refractivity contribution < 1.29 is 9.53 Å². The van der Waals surface area contributed by atoms with Gasteiger partial charge in [-0.2, -0.15) is 5.10 Å². The highest BCUT2D eigenvalue weighted by atomic mass is 32.1. The molecule has 0 bridgehead atoms. The van der Waals surface area contributed by atoms with E-state index in [1.165, 1.54) is 22.4 Å². The number of hydrazone groups is 1. The highest BCUT2D eigenvalue weighted by Crippen LogP contribution is 2.35. The average Bonchev–Trinajstić information content (AvgIpc) is 3.08. The summed E-state index contributed by atoms with van der Waals surface area (Å²) in [5.41, 5.74) is 4.01. The lowest BCUT2D eigenvalue weighted by Crippen LogP contribution is -2.32. The molecule has 0 saturated heterocycles. The highest BCUT2D eigenvalue weighted by Gasteiger charge is 2.24. The third-order valence-corrected chi connectivity index (χ3v) is 6.11. The number of methoxy groups -OCH3 is 1. The largest absolute Gasteiger partial charge is 0.497 e. The molecule has 2 aromatic heterocycles. The van der Waals surface area contributed by atoms with Crippen LogP contribution in [0.5, 0.6) is 5.75 Å². The number of nitrogens with zero attached hydrogens (tertiary/aromatic N) is 4. The van der Waals surface area contributed by atoms with E-state index in [0.717, 1.165) is 35.1 Å². The lowest BCUT2D eigenvalue weighted by Gasteiger charge is -2.17. The summed E-state index contributed by atoms with van der Waals surface area (Å²) >= 11 is 1.54. The Morgan fingerprint density at radius 1 is 1.48 bits per heavy atom. The molecule has 150 valence electrons. The van der Waals surface area contributed by atoms with Gasteiger partial charge in [0.2, 0.25) is 0 Å². The average molecular weight is 411 g/mol. The maximum absolute atomic E-state index is 12.9. The van der Waals surface area contributed by atoms with Gasteiger partial charge in [0.15, 0.2) is 4.83 Å². The predicted molar refractivity (Wildman–Crippen MR) is 112 cm³/mol. The Morgan fingerprint density at radius 2 is 2.34 bits per heavy atom. The summed E-state index contributed by atoms with van der Waals surface area (Å²) in [6, 6.07) is 7.28. The molecule has 0 aliphatic heterocycles. The molecule has 1 atom stereocenters. The second-order valence-electron chi connectivity index (χ2n) is 7.15. The van der Waals surface area contributed by atoms with Gasteiger partial charge in [-0.3, -0.25) is 9.59 Å². The van der Waals surface area contributed by atoms with Crippen LogP contribution in [0.3, 0.4) is 0 Å². The van der Waals surface area contributed by atoms with Gasteiger partial charge in [-0.25, -0.2) is 10.1 Å². The number of thiophene rings is 1. The van der Waals surface area contributed by atoms with E-state index < -0.39 is 5.91 Å². The summed E-state index contributed by atoms with van der Waals surface area (Å²) in [6.07, 6.45) is 4.40. The van der Waals surface area contributed by atoms with Crippen LogP contribution in [0.4, 0.5) is 0 Å². The molecule has 3 aromatic rings. The van der Waals surface area contributed by atoms with E-state index in [1.807, 2.05) is 18.2 Å². The number of nitrogens with one attached hydrogen (secondary N) is 1. The van der Waals surface area contributed by atoms with E-state index in [4.69, 9.17) is 4.74 Å². The predicted octanol–water partition coefficient (Wildman–Crippen LogP) is 2.14. The van der Waals surface area contributed by atoms with Crippen molar-refractivity contribution in [3.8, 4) is 5.75 Å². The van der Waals surface area contributed by atoms with Crippen LogP contribution in [0, 0.1) is 5.92 Å². The van der Waals surface area contributed by atoms with Crippen LogP contribution in [0.25, 0.3) is 10.2 Å². The van der Waals surface area contributed by atoms with E-state index in [1.54, 1.807) is 13.2 Å². The van der Waals surface area contributed by atoms with Gasteiger partial charge >= 0.3 is 0 Å². The molecule has 2 heterocycles. The number of fused-ring (bicyclic) bond motifs is 3. The van der Waals surface area contributed by atoms with Crippen LogP contribution >= 0.6 is 11.3 Å². The van der Waals surface area contributed by atoms with Gasteiger partial charge in [0.05, 0.1) is 18.7 Å². The van der Waals surface area contributed by atoms with Crippen molar-refractivity contribution in [3.63, 3.8) is 0 Å². The fraction of sp³-hybridized carbons (Fsp3) is 0.350. The van der Waals surface area contributed by atoms with Crippen molar-refractivity contribution in [3.05, 3.63) is 50.6 Å². The Bertz CT molecular complexity index is 1150.